The second-order valence-corrected chi connectivity index (χ2v) is 6.91. The van der Waals surface area contributed by atoms with Gasteiger partial charge in [0.15, 0.2) is 0 Å². The van der Waals surface area contributed by atoms with Gasteiger partial charge in [-0.1, -0.05) is 132 Å². The van der Waals surface area contributed by atoms with E-state index in [-0.39, 0.29) is 5.97 Å². The van der Waals surface area contributed by atoms with E-state index in [1.54, 1.807) is 6.92 Å². The lowest BCUT2D eigenvalue weighted by atomic mass is 10.1. The number of ether oxygens (including phenoxy) is 1. The maximum Gasteiger partial charge on any atom is 0.333 e. The van der Waals surface area contributed by atoms with Gasteiger partial charge in [0, 0.05) is 5.57 Å². The minimum absolute atomic E-state index is 0.265. The molecule has 162 valence electrons. The summed E-state index contributed by atoms with van der Waals surface area (Å²) in [7, 11) is 0. The lowest BCUT2D eigenvalue weighted by molar-refractivity contribution is -0.139. The molecule has 2 rings (SSSR count). The van der Waals surface area contributed by atoms with Crippen molar-refractivity contribution in [3.8, 4) is 0 Å². The number of carbonyl (C=O) groups excluding carboxylic acids is 1. The smallest absolute Gasteiger partial charge is 0.333 e. The molecule has 0 atom stereocenters. The summed E-state index contributed by atoms with van der Waals surface area (Å²) in [5.41, 5.74) is 2.83. The first kappa shape index (κ1) is 27.1. The van der Waals surface area contributed by atoms with Crippen molar-refractivity contribution in [1.29, 1.82) is 0 Å². The first-order chi connectivity index (χ1) is 14.5. The quantitative estimate of drug-likeness (QED) is 0.226. The van der Waals surface area contributed by atoms with Crippen LogP contribution in [0.3, 0.4) is 0 Å². The van der Waals surface area contributed by atoms with Crippen LogP contribution in [0.5, 0.6) is 0 Å². The van der Waals surface area contributed by atoms with Crippen molar-refractivity contribution in [2.45, 2.75) is 52.4 Å². The number of esters is 1. The Morgan fingerprint density at radius 1 is 0.800 bits per heavy atom. The maximum absolute atomic E-state index is 11.0. The SMILES string of the molecule is C=C(C)C(=O)OCCCCCCCC.C=Cc1ccccc1.C=Cc1ccccc1. The molecule has 0 aliphatic rings. The molecule has 0 unspecified atom stereocenters. The zero-order valence-electron chi connectivity index (χ0n) is 18.8. The van der Waals surface area contributed by atoms with Gasteiger partial charge in [0.25, 0.3) is 0 Å². The van der Waals surface area contributed by atoms with Crippen LogP contribution in [0.25, 0.3) is 12.2 Å². The fourth-order valence-electron chi connectivity index (χ4n) is 2.35. The van der Waals surface area contributed by atoms with E-state index in [1.165, 1.54) is 36.8 Å². The zero-order chi connectivity index (χ0) is 22.5. The molecule has 0 saturated heterocycles. The number of benzene rings is 2. The van der Waals surface area contributed by atoms with Crippen LogP contribution in [0.1, 0.15) is 63.5 Å². The second kappa shape index (κ2) is 19.4. The Kier molecular flexibility index (Phi) is 17.6. The third kappa shape index (κ3) is 16.1. The van der Waals surface area contributed by atoms with Crippen molar-refractivity contribution in [1.82, 2.24) is 0 Å². The normalized spacial score (nSPS) is 9.13. The van der Waals surface area contributed by atoms with E-state index in [9.17, 15) is 4.79 Å². The second-order valence-electron chi connectivity index (χ2n) is 6.91. The zero-order valence-corrected chi connectivity index (χ0v) is 18.8. The van der Waals surface area contributed by atoms with Gasteiger partial charge in [-0.25, -0.2) is 4.79 Å². The summed E-state index contributed by atoms with van der Waals surface area (Å²) >= 11 is 0. The van der Waals surface area contributed by atoms with Crippen LogP contribution in [0.4, 0.5) is 0 Å². The number of hydrogen-bond acceptors (Lipinski definition) is 2. The average molecular weight is 407 g/mol. The standard InChI is InChI=1S/C12H22O2.2C8H8/c1-4-5-6-7-8-9-10-14-12(13)11(2)3;2*1-2-8-6-4-3-5-7-8/h2,4-10H2,1,3H3;2*2-7H,1H2. The van der Waals surface area contributed by atoms with Gasteiger partial charge in [0.2, 0.25) is 0 Å². The summed E-state index contributed by atoms with van der Waals surface area (Å²) < 4.78 is 4.97. The molecule has 2 nitrogen and oxygen atoms in total. The summed E-state index contributed by atoms with van der Waals surface area (Å²) in [5, 5.41) is 0. The highest BCUT2D eigenvalue weighted by Crippen LogP contribution is 2.05. The Morgan fingerprint density at radius 3 is 1.60 bits per heavy atom. The highest BCUT2D eigenvalue weighted by atomic mass is 16.5. The number of carbonyl (C=O) groups is 1. The molecule has 0 aromatic heterocycles. The molecule has 0 saturated carbocycles. The molecule has 0 aliphatic heterocycles. The lowest BCUT2D eigenvalue weighted by Crippen LogP contribution is -2.05. The number of rotatable bonds is 10. The monoisotopic (exact) mass is 406 g/mol. The lowest BCUT2D eigenvalue weighted by Gasteiger charge is -2.03. The van der Waals surface area contributed by atoms with Crippen molar-refractivity contribution in [3.63, 3.8) is 0 Å². The maximum atomic E-state index is 11.0. The van der Waals surface area contributed by atoms with Crippen LogP contribution >= 0.6 is 0 Å². The molecule has 0 amide bonds. The minimum Gasteiger partial charge on any atom is -0.462 e. The van der Waals surface area contributed by atoms with Gasteiger partial charge < -0.3 is 4.74 Å². The van der Waals surface area contributed by atoms with E-state index in [2.05, 4.69) is 26.7 Å². The van der Waals surface area contributed by atoms with Gasteiger partial charge in [-0.05, 0) is 24.5 Å². The molecule has 0 bridgehead atoms. The summed E-state index contributed by atoms with van der Waals surface area (Å²) in [6.45, 7) is 15.2. The Labute approximate surface area is 184 Å². The molecule has 30 heavy (non-hydrogen) atoms. The summed E-state index contributed by atoms with van der Waals surface area (Å²) in [6, 6.07) is 20.1. The van der Waals surface area contributed by atoms with Crippen LogP contribution in [0.15, 0.2) is 86.0 Å². The molecule has 2 aromatic carbocycles. The molecule has 0 heterocycles. The van der Waals surface area contributed by atoms with Crippen molar-refractivity contribution in [2.24, 2.45) is 0 Å². The van der Waals surface area contributed by atoms with E-state index in [0.29, 0.717) is 12.2 Å². The fourth-order valence-corrected chi connectivity index (χ4v) is 2.35. The molecule has 2 heteroatoms. The van der Waals surface area contributed by atoms with Crippen molar-refractivity contribution >= 4 is 18.1 Å². The van der Waals surface area contributed by atoms with E-state index >= 15 is 0 Å². The van der Waals surface area contributed by atoms with Crippen LogP contribution in [-0.2, 0) is 9.53 Å². The third-order valence-corrected chi connectivity index (χ3v) is 4.15. The highest BCUT2D eigenvalue weighted by Gasteiger charge is 2.01. The van der Waals surface area contributed by atoms with E-state index < -0.39 is 0 Å². The topological polar surface area (TPSA) is 26.3 Å². The first-order valence-corrected chi connectivity index (χ1v) is 10.7. The average Bonchev–Trinajstić information content (AvgIpc) is 2.80. The third-order valence-electron chi connectivity index (χ3n) is 4.15. The predicted molar refractivity (Wildman–Crippen MR) is 132 cm³/mol. The Hall–Kier alpha value is -2.87. The van der Waals surface area contributed by atoms with Crippen molar-refractivity contribution in [3.05, 3.63) is 97.1 Å². The Bertz CT molecular complexity index is 658. The molecule has 2 aromatic rings. The molecule has 0 radical (unpaired) electrons. The molecular weight excluding hydrogens is 368 g/mol. The van der Waals surface area contributed by atoms with Crippen LogP contribution in [-0.4, -0.2) is 12.6 Å². The molecular formula is C28H38O2. The fraction of sp³-hybridized carbons (Fsp3) is 0.321. The van der Waals surface area contributed by atoms with Gasteiger partial charge in [-0.2, -0.15) is 0 Å². The molecule has 0 fully saturated rings. The number of unbranched alkanes of at least 4 members (excludes halogenated alkanes) is 5. The van der Waals surface area contributed by atoms with Crippen molar-refractivity contribution in [2.75, 3.05) is 6.61 Å². The Morgan fingerprint density at radius 2 is 1.23 bits per heavy atom. The first-order valence-electron chi connectivity index (χ1n) is 10.7. The predicted octanol–water partition coefficient (Wildman–Crippen LogP) is 8.13. The molecule has 0 spiro atoms. The Balaban J connectivity index is 0.000000447. The minimum atomic E-state index is -0.265. The van der Waals surface area contributed by atoms with Gasteiger partial charge in [-0.3, -0.25) is 0 Å². The number of hydrogen-bond donors (Lipinski definition) is 0. The molecule has 0 N–H and O–H groups in total. The van der Waals surface area contributed by atoms with Gasteiger partial charge in [0.05, 0.1) is 6.61 Å². The van der Waals surface area contributed by atoms with E-state index in [0.717, 1.165) is 12.8 Å². The molecule has 0 aliphatic carbocycles. The van der Waals surface area contributed by atoms with Gasteiger partial charge >= 0.3 is 5.97 Å². The van der Waals surface area contributed by atoms with Crippen LogP contribution in [0.2, 0.25) is 0 Å². The highest BCUT2D eigenvalue weighted by molar-refractivity contribution is 5.86. The largest absolute Gasteiger partial charge is 0.462 e. The van der Waals surface area contributed by atoms with Crippen molar-refractivity contribution < 1.29 is 9.53 Å². The van der Waals surface area contributed by atoms with Gasteiger partial charge in [-0.15, -0.1) is 0 Å². The summed E-state index contributed by atoms with van der Waals surface area (Å²) in [6.07, 6.45) is 10.9. The van der Waals surface area contributed by atoms with Crippen LogP contribution in [0, 0.1) is 0 Å². The summed E-state index contributed by atoms with van der Waals surface area (Å²) in [5.74, 6) is -0.265. The summed E-state index contributed by atoms with van der Waals surface area (Å²) in [4.78, 5) is 11.0. The van der Waals surface area contributed by atoms with Gasteiger partial charge in [0.1, 0.15) is 0 Å². The van der Waals surface area contributed by atoms with Crippen LogP contribution < -0.4 is 0 Å². The van der Waals surface area contributed by atoms with E-state index in [1.807, 2.05) is 72.8 Å². The van der Waals surface area contributed by atoms with E-state index in [4.69, 9.17) is 4.74 Å².